The number of nitriles is 1. The Bertz CT molecular complexity index is 498. The van der Waals surface area contributed by atoms with Crippen LogP contribution in [0, 0.1) is 11.3 Å². The van der Waals surface area contributed by atoms with Crippen LogP contribution in [0.4, 0.5) is 5.69 Å². The molecule has 1 fully saturated rings. The molecule has 0 aromatic heterocycles. The Morgan fingerprint density at radius 2 is 2.11 bits per heavy atom. The lowest BCUT2D eigenvalue weighted by Crippen LogP contribution is -2.38. The van der Waals surface area contributed by atoms with E-state index in [1.807, 2.05) is 0 Å². The molecule has 1 aliphatic rings. The van der Waals surface area contributed by atoms with E-state index >= 15 is 0 Å². The van der Waals surface area contributed by atoms with Gasteiger partial charge in [0, 0.05) is 46.6 Å². The molecular formula is C13H16N2O2S. The molecule has 2 rings (SSSR count). The van der Waals surface area contributed by atoms with Crippen molar-refractivity contribution in [3.8, 4) is 6.07 Å². The lowest BCUT2D eigenvalue weighted by Gasteiger charge is -2.31. The summed E-state index contributed by atoms with van der Waals surface area (Å²) in [5.74, 6) is 1.30. The molecule has 0 aliphatic carbocycles. The molecular weight excluding hydrogens is 248 g/mol. The first-order valence-corrected chi connectivity index (χ1v) is 7.42. The van der Waals surface area contributed by atoms with E-state index in [0.29, 0.717) is 30.2 Å². The maximum Gasteiger partial charge on any atom is 0.0992 e. The first-order chi connectivity index (χ1) is 8.61. The largest absolute Gasteiger partial charge is 0.389 e. The zero-order valence-electron chi connectivity index (χ0n) is 10.3. The summed E-state index contributed by atoms with van der Waals surface area (Å²) in [6.07, 6.45) is -0.569. The molecule has 1 N–H and O–H groups in total. The molecule has 1 aliphatic heterocycles. The van der Waals surface area contributed by atoms with Crippen molar-refractivity contribution in [1.29, 1.82) is 5.26 Å². The summed E-state index contributed by atoms with van der Waals surface area (Å²) < 4.78 is 11.4. The Morgan fingerprint density at radius 1 is 1.44 bits per heavy atom. The third-order valence-corrected chi connectivity index (χ3v) is 4.40. The zero-order valence-corrected chi connectivity index (χ0v) is 11.1. The molecule has 1 atom stereocenters. The highest BCUT2D eigenvalue weighted by Gasteiger charge is 2.20. The molecule has 0 amide bonds. The van der Waals surface area contributed by atoms with Crippen LogP contribution in [0.1, 0.15) is 24.2 Å². The van der Waals surface area contributed by atoms with Crippen LogP contribution < -0.4 is 4.90 Å². The minimum atomic E-state index is -0.728. The van der Waals surface area contributed by atoms with E-state index < -0.39 is 16.9 Å². The molecule has 18 heavy (non-hydrogen) atoms. The number of nitrogens with zero attached hydrogens (tertiary/aromatic N) is 2. The van der Waals surface area contributed by atoms with Gasteiger partial charge in [-0.1, -0.05) is 6.07 Å². The third-order valence-electron chi connectivity index (χ3n) is 3.13. The van der Waals surface area contributed by atoms with E-state index in [9.17, 15) is 9.32 Å². The molecule has 1 saturated heterocycles. The van der Waals surface area contributed by atoms with Gasteiger partial charge < -0.3 is 10.0 Å². The second kappa shape index (κ2) is 5.51. The summed E-state index contributed by atoms with van der Waals surface area (Å²) in [7, 11) is -0.728. The minimum Gasteiger partial charge on any atom is -0.389 e. The van der Waals surface area contributed by atoms with E-state index in [4.69, 9.17) is 5.26 Å². The van der Waals surface area contributed by atoms with Gasteiger partial charge in [0.15, 0.2) is 0 Å². The fraction of sp³-hybridized carbons (Fsp3) is 0.462. The SMILES string of the molecule is C[C@@H](O)c1ccc(C#N)cc1N1CCS(=O)CC1. The van der Waals surface area contributed by atoms with E-state index in [2.05, 4.69) is 11.0 Å². The average molecular weight is 264 g/mol. The van der Waals surface area contributed by atoms with Crippen LogP contribution in [0.5, 0.6) is 0 Å². The van der Waals surface area contributed by atoms with Gasteiger partial charge in [0.2, 0.25) is 0 Å². The zero-order chi connectivity index (χ0) is 13.1. The number of aliphatic hydroxyl groups excluding tert-OH is 1. The smallest absolute Gasteiger partial charge is 0.0992 e. The molecule has 0 bridgehead atoms. The summed E-state index contributed by atoms with van der Waals surface area (Å²) in [6, 6.07) is 7.43. The van der Waals surface area contributed by atoms with Crippen LogP contribution in [0.2, 0.25) is 0 Å². The Labute approximate surface area is 109 Å². The predicted molar refractivity (Wildman–Crippen MR) is 71.9 cm³/mol. The van der Waals surface area contributed by atoms with E-state index in [1.165, 1.54) is 0 Å². The van der Waals surface area contributed by atoms with Crippen LogP contribution in [0.25, 0.3) is 0 Å². The summed E-state index contributed by atoms with van der Waals surface area (Å²) in [5.41, 5.74) is 2.29. The number of rotatable bonds is 2. The Kier molecular flexibility index (Phi) is 4.00. The molecule has 0 unspecified atom stereocenters. The lowest BCUT2D eigenvalue weighted by atomic mass is 10.0. The summed E-state index contributed by atoms with van der Waals surface area (Å²) in [4.78, 5) is 2.10. The molecule has 4 nitrogen and oxygen atoms in total. The molecule has 0 saturated carbocycles. The molecule has 96 valence electrons. The van der Waals surface area contributed by atoms with Crippen LogP contribution in [0.15, 0.2) is 18.2 Å². The van der Waals surface area contributed by atoms with Crippen molar-refractivity contribution in [2.75, 3.05) is 29.5 Å². The predicted octanol–water partition coefficient (Wildman–Crippen LogP) is 1.18. The number of aliphatic hydroxyl groups is 1. The Hall–Kier alpha value is -1.38. The highest BCUT2D eigenvalue weighted by atomic mass is 32.2. The van der Waals surface area contributed by atoms with Gasteiger partial charge in [-0.25, -0.2) is 0 Å². The topological polar surface area (TPSA) is 64.3 Å². The maximum atomic E-state index is 11.4. The summed E-state index contributed by atoms with van der Waals surface area (Å²) in [5, 5.41) is 18.7. The van der Waals surface area contributed by atoms with Gasteiger partial charge in [-0.3, -0.25) is 4.21 Å². The van der Waals surface area contributed by atoms with Crippen molar-refractivity contribution in [2.45, 2.75) is 13.0 Å². The van der Waals surface area contributed by atoms with Crippen molar-refractivity contribution < 1.29 is 9.32 Å². The van der Waals surface area contributed by atoms with Crippen LogP contribution in [-0.4, -0.2) is 33.9 Å². The van der Waals surface area contributed by atoms with Gasteiger partial charge >= 0.3 is 0 Å². The number of hydrogen-bond acceptors (Lipinski definition) is 4. The van der Waals surface area contributed by atoms with Gasteiger partial charge in [0.1, 0.15) is 0 Å². The van der Waals surface area contributed by atoms with E-state index in [-0.39, 0.29) is 0 Å². The average Bonchev–Trinajstić information content (AvgIpc) is 2.38. The second-order valence-corrected chi connectivity index (χ2v) is 6.09. The molecule has 0 radical (unpaired) electrons. The van der Waals surface area contributed by atoms with Gasteiger partial charge in [0.25, 0.3) is 0 Å². The lowest BCUT2D eigenvalue weighted by molar-refractivity contribution is 0.199. The Morgan fingerprint density at radius 3 is 2.67 bits per heavy atom. The maximum absolute atomic E-state index is 11.4. The van der Waals surface area contributed by atoms with Crippen molar-refractivity contribution >= 4 is 16.5 Å². The second-order valence-electron chi connectivity index (χ2n) is 4.40. The van der Waals surface area contributed by atoms with E-state index in [1.54, 1.807) is 25.1 Å². The van der Waals surface area contributed by atoms with Gasteiger partial charge in [-0.2, -0.15) is 5.26 Å². The quantitative estimate of drug-likeness (QED) is 0.871. The summed E-state index contributed by atoms with van der Waals surface area (Å²) >= 11 is 0. The highest BCUT2D eigenvalue weighted by Crippen LogP contribution is 2.28. The number of benzene rings is 1. The number of anilines is 1. The molecule has 1 aromatic carbocycles. The number of hydrogen-bond donors (Lipinski definition) is 1. The molecule has 5 heteroatoms. The van der Waals surface area contributed by atoms with Gasteiger partial charge in [-0.15, -0.1) is 0 Å². The van der Waals surface area contributed by atoms with Crippen LogP contribution >= 0.6 is 0 Å². The molecule has 1 aromatic rings. The normalized spacial score (nSPS) is 18.4. The first-order valence-electron chi connectivity index (χ1n) is 5.94. The highest BCUT2D eigenvalue weighted by molar-refractivity contribution is 7.85. The van der Waals surface area contributed by atoms with Crippen LogP contribution in [0.3, 0.4) is 0 Å². The summed E-state index contributed by atoms with van der Waals surface area (Å²) in [6.45, 7) is 3.13. The van der Waals surface area contributed by atoms with Crippen molar-refractivity contribution in [2.24, 2.45) is 0 Å². The monoisotopic (exact) mass is 264 g/mol. The first kappa shape index (κ1) is 13.1. The van der Waals surface area contributed by atoms with Crippen molar-refractivity contribution in [3.63, 3.8) is 0 Å². The molecule has 0 spiro atoms. The van der Waals surface area contributed by atoms with Crippen molar-refractivity contribution in [3.05, 3.63) is 29.3 Å². The van der Waals surface area contributed by atoms with Gasteiger partial charge in [0.05, 0.1) is 17.7 Å². The Balaban J connectivity index is 2.35. The van der Waals surface area contributed by atoms with E-state index in [0.717, 1.165) is 11.3 Å². The van der Waals surface area contributed by atoms with Gasteiger partial charge in [-0.05, 0) is 19.1 Å². The fourth-order valence-electron chi connectivity index (χ4n) is 2.12. The minimum absolute atomic E-state index is 0.569. The molecule has 1 heterocycles. The van der Waals surface area contributed by atoms with Crippen LogP contribution in [-0.2, 0) is 10.8 Å². The fourth-order valence-corrected chi connectivity index (χ4v) is 3.17. The third kappa shape index (κ3) is 2.71. The van der Waals surface area contributed by atoms with Crippen molar-refractivity contribution in [1.82, 2.24) is 0 Å². The standard InChI is InChI=1S/C13H16N2O2S/c1-10(16)12-3-2-11(9-14)8-13(12)15-4-6-18(17)7-5-15/h2-3,8,10,16H,4-7H2,1H3/t10-/m1/s1.